The Bertz CT molecular complexity index is 498. The van der Waals surface area contributed by atoms with E-state index in [1.54, 1.807) is 12.1 Å². The van der Waals surface area contributed by atoms with Gasteiger partial charge < -0.3 is 15.8 Å². The number of hydrogen-bond donors (Lipinski definition) is 2. The lowest BCUT2D eigenvalue weighted by atomic mass is 10.2. The third-order valence-corrected chi connectivity index (χ3v) is 2.28. The molecular formula is C13H19ClN4O2. The van der Waals surface area contributed by atoms with Crippen molar-refractivity contribution in [3.05, 3.63) is 22.9 Å². The topological polar surface area (TPSA) is 90.1 Å². The fourth-order valence-corrected chi connectivity index (χ4v) is 1.46. The van der Waals surface area contributed by atoms with Gasteiger partial charge >= 0.3 is 6.09 Å². The maximum Gasteiger partial charge on any atom is 0.407 e. The number of nitrogens with one attached hydrogen (secondary N) is 1. The molecule has 6 nitrogen and oxygen atoms in total. The Kier molecular flexibility index (Phi) is 5.76. The molecule has 0 unspecified atom stereocenters. The summed E-state index contributed by atoms with van der Waals surface area (Å²) in [4.78, 5) is 11.4. The van der Waals surface area contributed by atoms with E-state index in [1.165, 1.54) is 0 Å². The van der Waals surface area contributed by atoms with Crippen molar-refractivity contribution in [2.24, 2.45) is 0 Å². The second-order valence-corrected chi connectivity index (χ2v) is 5.51. The molecule has 3 N–H and O–H groups in total. The molecule has 1 heterocycles. The number of carbonyl (C=O) groups is 1. The number of nitrogen functional groups attached to an aromatic ring is 1. The van der Waals surface area contributed by atoms with Gasteiger partial charge in [-0.2, -0.15) is 0 Å². The minimum atomic E-state index is -0.492. The van der Waals surface area contributed by atoms with E-state index in [0.29, 0.717) is 24.3 Å². The number of rotatable bonds is 4. The summed E-state index contributed by atoms with van der Waals surface area (Å²) >= 11 is 5.72. The molecule has 110 valence electrons. The van der Waals surface area contributed by atoms with Crippen LogP contribution in [0.4, 0.5) is 10.6 Å². The number of hydrogen-bond acceptors (Lipinski definition) is 5. The molecule has 0 radical (unpaired) electrons. The molecule has 1 rings (SSSR count). The second-order valence-electron chi connectivity index (χ2n) is 5.13. The average molecular weight is 299 g/mol. The van der Waals surface area contributed by atoms with Crippen LogP contribution in [0.5, 0.6) is 0 Å². The Morgan fingerprint density at radius 3 is 2.85 bits per heavy atom. The van der Waals surface area contributed by atoms with Crippen LogP contribution in [0.15, 0.2) is 12.1 Å². The molecule has 0 spiro atoms. The van der Waals surface area contributed by atoms with Crippen molar-refractivity contribution in [3.8, 4) is 0 Å². The molecule has 7 heteroatoms. The molecule has 0 aliphatic carbocycles. The van der Waals surface area contributed by atoms with E-state index < -0.39 is 11.7 Å². The normalized spacial score (nSPS) is 11.6. The van der Waals surface area contributed by atoms with Gasteiger partial charge in [0.25, 0.3) is 0 Å². The van der Waals surface area contributed by atoms with Crippen LogP contribution < -0.4 is 11.1 Å². The van der Waals surface area contributed by atoms with Gasteiger partial charge in [-0.25, -0.2) is 4.79 Å². The standard InChI is InChI=1S/C13H19ClN4O2/c1-13(2,3)20-12(19)16-7-5-4-6-9-8-10(14)17-18-11(9)15/h4,6,8H,5,7H2,1-3H3,(H2,15,18)(H,16,19). The molecule has 0 aromatic carbocycles. The van der Waals surface area contributed by atoms with Crippen molar-refractivity contribution in [2.75, 3.05) is 12.3 Å². The highest BCUT2D eigenvalue weighted by atomic mass is 35.5. The van der Waals surface area contributed by atoms with Gasteiger partial charge in [-0.05, 0) is 33.3 Å². The van der Waals surface area contributed by atoms with E-state index in [0.717, 1.165) is 0 Å². The lowest BCUT2D eigenvalue weighted by Crippen LogP contribution is -2.32. The minimum absolute atomic E-state index is 0.283. The SMILES string of the molecule is CC(C)(C)OC(=O)NCCC=Cc1cc(Cl)nnc1N. The third-order valence-electron chi connectivity index (χ3n) is 2.10. The van der Waals surface area contributed by atoms with Gasteiger partial charge in [0.1, 0.15) is 5.60 Å². The van der Waals surface area contributed by atoms with Gasteiger partial charge in [-0.1, -0.05) is 23.8 Å². The maximum absolute atomic E-state index is 11.4. The van der Waals surface area contributed by atoms with E-state index in [1.807, 2.05) is 26.8 Å². The monoisotopic (exact) mass is 298 g/mol. The molecule has 0 aliphatic rings. The molecule has 0 atom stereocenters. The highest BCUT2D eigenvalue weighted by Crippen LogP contribution is 2.14. The first-order chi connectivity index (χ1) is 9.28. The molecule has 20 heavy (non-hydrogen) atoms. The van der Waals surface area contributed by atoms with Gasteiger partial charge in [0.15, 0.2) is 11.0 Å². The minimum Gasteiger partial charge on any atom is -0.444 e. The van der Waals surface area contributed by atoms with E-state index in [9.17, 15) is 4.79 Å². The predicted octanol–water partition coefficient (Wildman–Crippen LogP) is 2.64. The summed E-state index contributed by atoms with van der Waals surface area (Å²) in [6, 6.07) is 1.63. The van der Waals surface area contributed by atoms with Crippen LogP contribution in [0.1, 0.15) is 32.8 Å². The average Bonchev–Trinajstić information content (AvgIpc) is 2.30. The summed E-state index contributed by atoms with van der Waals surface area (Å²) in [5, 5.41) is 10.3. The fraction of sp³-hybridized carbons (Fsp3) is 0.462. The van der Waals surface area contributed by atoms with Crippen LogP contribution in [0.2, 0.25) is 5.15 Å². The van der Waals surface area contributed by atoms with Gasteiger partial charge in [0.05, 0.1) is 0 Å². The van der Waals surface area contributed by atoms with Gasteiger partial charge in [-0.3, -0.25) is 0 Å². The van der Waals surface area contributed by atoms with Gasteiger partial charge in [0, 0.05) is 12.1 Å². The first-order valence-corrected chi connectivity index (χ1v) is 6.58. The summed E-state index contributed by atoms with van der Waals surface area (Å²) in [5.74, 6) is 0.311. The Morgan fingerprint density at radius 2 is 2.20 bits per heavy atom. The zero-order chi connectivity index (χ0) is 15.2. The number of nitrogens with two attached hydrogens (primary N) is 1. The Labute approximate surface area is 123 Å². The van der Waals surface area contributed by atoms with Crippen LogP contribution in [0, 0.1) is 0 Å². The molecule has 1 aromatic heterocycles. The highest BCUT2D eigenvalue weighted by molar-refractivity contribution is 6.29. The molecule has 0 saturated heterocycles. The van der Waals surface area contributed by atoms with Crippen molar-refractivity contribution in [1.29, 1.82) is 0 Å². The van der Waals surface area contributed by atoms with E-state index in [-0.39, 0.29) is 5.15 Å². The molecule has 0 aliphatic heterocycles. The van der Waals surface area contributed by atoms with E-state index in [2.05, 4.69) is 15.5 Å². The molecule has 1 amide bonds. The number of ether oxygens (including phenoxy) is 1. The Morgan fingerprint density at radius 1 is 1.50 bits per heavy atom. The Hall–Kier alpha value is -1.82. The first kappa shape index (κ1) is 16.2. The highest BCUT2D eigenvalue weighted by Gasteiger charge is 2.15. The van der Waals surface area contributed by atoms with Gasteiger partial charge in [0.2, 0.25) is 0 Å². The first-order valence-electron chi connectivity index (χ1n) is 6.20. The number of anilines is 1. The van der Waals surface area contributed by atoms with Crippen molar-refractivity contribution < 1.29 is 9.53 Å². The molecule has 0 saturated carbocycles. The number of aromatic nitrogens is 2. The van der Waals surface area contributed by atoms with Crippen LogP contribution in [0.3, 0.4) is 0 Å². The summed E-state index contributed by atoms with van der Waals surface area (Å²) in [6.07, 6.45) is 3.85. The summed E-state index contributed by atoms with van der Waals surface area (Å²) in [7, 11) is 0. The smallest absolute Gasteiger partial charge is 0.407 e. The quantitative estimate of drug-likeness (QED) is 0.834. The van der Waals surface area contributed by atoms with Crippen molar-refractivity contribution in [3.63, 3.8) is 0 Å². The number of halogens is 1. The molecular weight excluding hydrogens is 280 g/mol. The molecule has 0 bridgehead atoms. The van der Waals surface area contributed by atoms with Crippen molar-refractivity contribution in [1.82, 2.24) is 15.5 Å². The zero-order valence-electron chi connectivity index (χ0n) is 11.8. The maximum atomic E-state index is 11.4. The Balaban J connectivity index is 2.36. The van der Waals surface area contributed by atoms with Crippen LogP contribution in [0.25, 0.3) is 6.08 Å². The molecule has 0 fully saturated rings. The van der Waals surface area contributed by atoms with E-state index in [4.69, 9.17) is 22.1 Å². The van der Waals surface area contributed by atoms with E-state index >= 15 is 0 Å². The lowest BCUT2D eigenvalue weighted by molar-refractivity contribution is 0.0529. The number of alkyl carbamates (subject to hydrolysis) is 1. The third kappa shape index (κ3) is 6.38. The summed E-state index contributed by atoms with van der Waals surface area (Å²) < 4.78 is 5.11. The zero-order valence-corrected chi connectivity index (χ0v) is 12.6. The van der Waals surface area contributed by atoms with Crippen molar-refractivity contribution in [2.45, 2.75) is 32.8 Å². The summed E-state index contributed by atoms with van der Waals surface area (Å²) in [5.41, 5.74) is 5.85. The number of amides is 1. The van der Waals surface area contributed by atoms with Crippen LogP contribution in [-0.2, 0) is 4.74 Å². The van der Waals surface area contributed by atoms with Crippen molar-refractivity contribution >= 4 is 29.6 Å². The largest absolute Gasteiger partial charge is 0.444 e. The van der Waals surface area contributed by atoms with Gasteiger partial charge in [-0.15, -0.1) is 10.2 Å². The predicted molar refractivity (Wildman–Crippen MR) is 79.3 cm³/mol. The molecule has 1 aromatic rings. The lowest BCUT2D eigenvalue weighted by Gasteiger charge is -2.19. The summed E-state index contributed by atoms with van der Waals surface area (Å²) in [6.45, 7) is 5.91. The number of nitrogens with zero attached hydrogens (tertiary/aromatic N) is 2. The number of carbonyl (C=O) groups excluding carboxylic acids is 1. The fourth-order valence-electron chi connectivity index (χ4n) is 1.31. The second kappa shape index (κ2) is 7.09. The van der Waals surface area contributed by atoms with Crippen LogP contribution >= 0.6 is 11.6 Å². The van der Waals surface area contributed by atoms with Crippen LogP contribution in [-0.4, -0.2) is 28.4 Å².